The molecule has 1 aromatic carbocycles. The Hall–Kier alpha value is -2.83. The minimum Gasteiger partial charge on any atom is -0.481 e. The smallest absolute Gasteiger partial charge is 0.261 e. The van der Waals surface area contributed by atoms with Gasteiger partial charge in [0.1, 0.15) is 11.6 Å². The van der Waals surface area contributed by atoms with Gasteiger partial charge in [-0.1, -0.05) is 25.1 Å². The molecule has 2 aromatic rings. The number of hydrogen-bond donors (Lipinski definition) is 2. The van der Waals surface area contributed by atoms with E-state index in [-0.39, 0.29) is 11.9 Å². The van der Waals surface area contributed by atoms with Gasteiger partial charge in [0.2, 0.25) is 5.95 Å². The van der Waals surface area contributed by atoms with Crippen molar-refractivity contribution in [3.05, 3.63) is 41.6 Å². The molecule has 2 aliphatic carbocycles. The molecule has 178 valence electrons. The summed E-state index contributed by atoms with van der Waals surface area (Å²) < 4.78 is 5.90. The first-order chi connectivity index (χ1) is 16.0. The molecule has 0 saturated heterocycles. The fourth-order valence-electron chi connectivity index (χ4n) is 4.85. The zero-order valence-electron chi connectivity index (χ0n) is 20.1. The lowest BCUT2D eigenvalue weighted by atomic mass is 9.91. The zero-order chi connectivity index (χ0) is 23.2. The molecular formula is C26H37N5O2. The van der Waals surface area contributed by atoms with Crippen LogP contribution in [0.3, 0.4) is 0 Å². The molecule has 0 spiro atoms. The molecule has 0 radical (unpaired) electrons. The summed E-state index contributed by atoms with van der Waals surface area (Å²) in [5.41, 5.74) is 2.51. The number of nitrogens with zero attached hydrogens (tertiary/aromatic N) is 3. The van der Waals surface area contributed by atoms with E-state index in [4.69, 9.17) is 14.7 Å². The van der Waals surface area contributed by atoms with Crippen molar-refractivity contribution in [3.63, 3.8) is 0 Å². The summed E-state index contributed by atoms with van der Waals surface area (Å²) in [6.45, 7) is 1.98. The summed E-state index contributed by atoms with van der Waals surface area (Å²) in [6, 6.07) is 10.1. The Morgan fingerprint density at radius 2 is 1.76 bits per heavy atom. The van der Waals surface area contributed by atoms with Crippen molar-refractivity contribution in [2.24, 2.45) is 0 Å². The van der Waals surface area contributed by atoms with Crippen molar-refractivity contribution < 1.29 is 9.53 Å². The van der Waals surface area contributed by atoms with Gasteiger partial charge in [-0.3, -0.25) is 4.79 Å². The van der Waals surface area contributed by atoms with Crippen molar-refractivity contribution in [2.75, 3.05) is 24.3 Å². The van der Waals surface area contributed by atoms with Crippen LogP contribution in [-0.2, 0) is 17.6 Å². The molecule has 33 heavy (non-hydrogen) atoms. The van der Waals surface area contributed by atoms with Gasteiger partial charge in [-0.05, 0) is 69.9 Å². The molecule has 7 heteroatoms. The Bertz CT molecular complexity index is 926. The van der Waals surface area contributed by atoms with E-state index < -0.39 is 6.10 Å². The Morgan fingerprint density at radius 3 is 2.45 bits per heavy atom. The van der Waals surface area contributed by atoms with Crippen LogP contribution in [0.4, 0.5) is 11.8 Å². The average Bonchev–Trinajstić information content (AvgIpc) is 2.83. The minimum atomic E-state index is -0.461. The van der Waals surface area contributed by atoms with Crippen molar-refractivity contribution in [2.45, 2.75) is 82.9 Å². The molecule has 1 amide bonds. The number of nitrogens with one attached hydrogen (secondary N) is 2. The second kappa shape index (κ2) is 10.9. The number of para-hydroxylation sites is 1. The number of amides is 1. The van der Waals surface area contributed by atoms with Crippen LogP contribution in [0.5, 0.6) is 5.75 Å². The molecule has 1 saturated carbocycles. The molecular weight excluding hydrogens is 414 g/mol. The van der Waals surface area contributed by atoms with Crippen molar-refractivity contribution in [3.8, 4) is 5.75 Å². The summed E-state index contributed by atoms with van der Waals surface area (Å²) in [5.74, 6) is 2.50. The van der Waals surface area contributed by atoms with Crippen LogP contribution in [0.25, 0.3) is 0 Å². The van der Waals surface area contributed by atoms with Crippen molar-refractivity contribution >= 4 is 17.7 Å². The molecule has 1 fully saturated rings. The SMILES string of the molecule is CCC(Oc1ccccc1)C(=O)N[C@H]1CC[C@@H](Nc2nc3c(c(N(C)C)n2)CCCC3)CC1. The summed E-state index contributed by atoms with van der Waals surface area (Å²) in [5, 5.41) is 6.79. The maximum atomic E-state index is 12.8. The van der Waals surface area contributed by atoms with E-state index in [1.807, 2.05) is 37.3 Å². The molecule has 1 heterocycles. The predicted octanol–water partition coefficient (Wildman–Crippen LogP) is 4.12. The van der Waals surface area contributed by atoms with Crippen LogP contribution in [0.2, 0.25) is 0 Å². The van der Waals surface area contributed by atoms with E-state index in [1.165, 1.54) is 24.1 Å². The topological polar surface area (TPSA) is 79.4 Å². The fraction of sp³-hybridized carbons (Fsp3) is 0.577. The fourth-order valence-corrected chi connectivity index (χ4v) is 4.85. The maximum Gasteiger partial charge on any atom is 0.261 e. The largest absolute Gasteiger partial charge is 0.481 e. The number of rotatable bonds is 8. The van der Waals surface area contributed by atoms with E-state index in [1.54, 1.807) is 0 Å². The number of ether oxygens (including phenoxy) is 1. The molecule has 0 bridgehead atoms. The summed E-state index contributed by atoms with van der Waals surface area (Å²) in [4.78, 5) is 24.6. The number of benzene rings is 1. The van der Waals surface area contributed by atoms with E-state index in [2.05, 4.69) is 29.6 Å². The lowest BCUT2D eigenvalue weighted by Gasteiger charge is -2.31. The first-order valence-electron chi connectivity index (χ1n) is 12.4. The second-order valence-corrected chi connectivity index (χ2v) is 9.43. The highest BCUT2D eigenvalue weighted by Crippen LogP contribution is 2.29. The molecule has 4 rings (SSSR count). The third kappa shape index (κ3) is 5.95. The van der Waals surface area contributed by atoms with Crippen LogP contribution >= 0.6 is 0 Å². The van der Waals surface area contributed by atoms with Gasteiger partial charge in [-0.2, -0.15) is 4.98 Å². The molecule has 1 atom stereocenters. The Labute approximate surface area is 197 Å². The second-order valence-electron chi connectivity index (χ2n) is 9.43. The lowest BCUT2D eigenvalue weighted by molar-refractivity contribution is -0.129. The van der Waals surface area contributed by atoms with Gasteiger partial charge in [0.05, 0.1) is 5.69 Å². The Morgan fingerprint density at radius 1 is 1.06 bits per heavy atom. The highest BCUT2D eigenvalue weighted by molar-refractivity contribution is 5.81. The molecule has 0 aliphatic heterocycles. The van der Waals surface area contributed by atoms with Gasteiger partial charge in [-0.15, -0.1) is 0 Å². The highest BCUT2D eigenvalue weighted by atomic mass is 16.5. The quantitative estimate of drug-likeness (QED) is 0.629. The van der Waals surface area contributed by atoms with Crippen LogP contribution in [0, 0.1) is 0 Å². The summed E-state index contributed by atoms with van der Waals surface area (Å²) in [7, 11) is 4.11. The number of fused-ring (bicyclic) bond motifs is 1. The number of aromatic nitrogens is 2. The molecule has 2 N–H and O–H groups in total. The maximum absolute atomic E-state index is 12.8. The van der Waals surface area contributed by atoms with Crippen LogP contribution < -0.4 is 20.3 Å². The number of carbonyl (C=O) groups is 1. The van der Waals surface area contributed by atoms with E-state index >= 15 is 0 Å². The Balaban J connectivity index is 1.30. The lowest BCUT2D eigenvalue weighted by Crippen LogP contribution is -2.46. The van der Waals surface area contributed by atoms with Gasteiger partial charge < -0.3 is 20.3 Å². The van der Waals surface area contributed by atoms with Gasteiger partial charge in [0.25, 0.3) is 5.91 Å². The van der Waals surface area contributed by atoms with Crippen molar-refractivity contribution in [1.82, 2.24) is 15.3 Å². The van der Waals surface area contributed by atoms with E-state index in [0.717, 1.165) is 56.0 Å². The summed E-state index contributed by atoms with van der Waals surface area (Å²) >= 11 is 0. The first-order valence-corrected chi connectivity index (χ1v) is 12.4. The number of anilines is 2. The zero-order valence-corrected chi connectivity index (χ0v) is 20.1. The highest BCUT2D eigenvalue weighted by Gasteiger charge is 2.27. The predicted molar refractivity (Wildman–Crippen MR) is 132 cm³/mol. The molecule has 1 aromatic heterocycles. The van der Waals surface area contributed by atoms with E-state index in [9.17, 15) is 4.79 Å². The molecule has 7 nitrogen and oxygen atoms in total. The van der Waals surface area contributed by atoms with E-state index in [0.29, 0.717) is 12.5 Å². The van der Waals surface area contributed by atoms with Crippen molar-refractivity contribution in [1.29, 1.82) is 0 Å². The number of aryl methyl sites for hydroxylation is 1. The van der Waals surface area contributed by atoms with Gasteiger partial charge >= 0.3 is 0 Å². The monoisotopic (exact) mass is 451 g/mol. The van der Waals surface area contributed by atoms with Gasteiger partial charge in [-0.25, -0.2) is 4.98 Å². The average molecular weight is 452 g/mol. The first kappa shape index (κ1) is 23.3. The van der Waals surface area contributed by atoms with Crippen LogP contribution in [-0.4, -0.2) is 48.2 Å². The van der Waals surface area contributed by atoms with Crippen LogP contribution in [0.15, 0.2) is 30.3 Å². The standard InChI is InChI=1S/C26H37N5O2/c1-4-23(33-20-10-6-5-7-11-20)25(32)27-18-14-16-19(17-15-18)28-26-29-22-13-9-8-12-21(22)24(30-26)31(2)3/h5-7,10-11,18-19,23H,4,8-9,12-17H2,1-3H3,(H,27,32)(H,28,29,30)/t18-,19+,23?. The number of hydrogen-bond acceptors (Lipinski definition) is 6. The van der Waals surface area contributed by atoms with Crippen LogP contribution in [0.1, 0.15) is 63.1 Å². The van der Waals surface area contributed by atoms with Gasteiger partial charge in [0.15, 0.2) is 6.10 Å². The normalized spacial score (nSPS) is 20.9. The molecule has 1 unspecified atom stereocenters. The minimum absolute atomic E-state index is 0.0218. The summed E-state index contributed by atoms with van der Waals surface area (Å²) in [6.07, 6.45) is 8.56. The number of carbonyl (C=O) groups excluding carboxylic acids is 1. The van der Waals surface area contributed by atoms with Gasteiger partial charge in [0, 0.05) is 31.7 Å². The molecule has 2 aliphatic rings. The Kier molecular flexibility index (Phi) is 7.68. The third-order valence-electron chi connectivity index (χ3n) is 6.68. The third-order valence-corrected chi connectivity index (χ3v) is 6.68.